The molecule has 146 valence electrons. The van der Waals surface area contributed by atoms with Crippen molar-refractivity contribution in [1.82, 2.24) is 9.61 Å². The van der Waals surface area contributed by atoms with E-state index in [2.05, 4.69) is 17.5 Å². The summed E-state index contributed by atoms with van der Waals surface area (Å²) in [4.78, 5) is 16.2. The number of quaternary nitrogens is 1. The average Bonchev–Trinajstić information content (AvgIpc) is 3.02. The number of anilines is 1. The van der Waals surface area contributed by atoms with Crippen LogP contribution in [0, 0.1) is 0 Å². The van der Waals surface area contributed by atoms with Crippen molar-refractivity contribution >= 4 is 28.5 Å². The summed E-state index contributed by atoms with van der Waals surface area (Å²) >= 11 is 0. The van der Waals surface area contributed by atoms with Crippen LogP contribution in [0.25, 0.3) is 5.52 Å². The van der Waals surface area contributed by atoms with E-state index in [4.69, 9.17) is 10.7 Å². The molecule has 7 nitrogen and oxygen atoms in total. The SMILES string of the molecule is C[N+]1(CCNc2nn3ccccc3c2N=C2C=CC(=O)C=C2N)CCCCC1. The molecule has 0 saturated carbocycles. The zero-order valence-electron chi connectivity index (χ0n) is 16.3. The molecule has 0 aromatic carbocycles. The van der Waals surface area contributed by atoms with Crippen LogP contribution in [0.1, 0.15) is 19.3 Å². The summed E-state index contributed by atoms with van der Waals surface area (Å²) in [5, 5.41) is 8.15. The van der Waals surface area contributed by atoms with E-state index in [0.717, 1.165) is 34.6 Å². The number of nitrogens with zero attached hydrogens (tertiary/aromatic N) is 4. The molecule has 0 spiro atoms. The maximum absolute atomic E-state index is 11.5. The van der Waals surface area contributed by atoms with E-state index in [-0.39, 0.29) is 5.78 Å². The molecular formula is C21H27N6O+. The van der Waals surface area contributed by atoms with Gasteiger partial charge in [-0.05, 0) is 43.5 Å². The van der Waals surface area contributed by atoms with E-state index in [1.54, 1.807) is 6.08 Å². The number of nitrogens with one attached hydrogen (secondary N) is 1. The Morgan fingerprint density at radius 2 is 2.07 bits per heavy atom. The van der Waals surface area contributed by atoms with Crippen molar-refractivity contribution in [2.24, 2.45) is 10.7 Å². The lowest BCUT2D eigenvalue weighted by molar-refractivity contribution is -0.912. The van der Waals surface area contributed by atoms with Crippen molar-refractivity contribution in [3.8, 4) is 0 Å². The number of likely N-dealkylation sites (N-methyl/N-ethyl adjacent to an activating group) is 1. The molecule has 7 heteroatoms. The Morgan fingerprint density at radius 1 is 1.25 bits per heavy atom. The molecule has 0 unspecified atom stereocenters. The number of likely N-dealkylation sites (tertiary alicyclic amines) is 1. The highest BCUT2D eigenvalue weighted by Gasteiger charge is 2.24. The molecule has 1 aliphatic carbocycles. The Kier molecular flexibility index (Phi) is 5.00. The molecule has 2 aromatic rings. The molecule has 3 heterocycles. The fraction of sp³-hybridized carbons (Fsp3) is 0.381. The topological polar surface area (TPSA) is 84.8 Å². The smallest absolute Gasteiger partial charge is 0.180 e. The molecule has 1 aliphatic heterocycles. The van der Waals surface area contributed by atoms with Gasteiger partial charge in [-0.3, -0.25) is 4.79 Å². The first-order chi connectivity index (χ1) is 13.5. The molecule has 4 rings (SSSR count). The zero-order chi connectivity index (χ0) is 19.6. The predicted molar refractivity (Wildman–Crippen MR) is 112 cm³/mol. The Morgan fingerprint density at radius 3 is 2.86 bits per heavy atom. The number of hydrogen-bond acceptors (Lipinski definition) is 5. The number of allylic oxidation sites excluding steroid dienone is 3. The molecule has 0 radical (unpaired) electrons. The van der Waals surface area contributed by atoms with E-state index in [0.29, 0.717) is 11.4 Å². The van der Waals surface area contributed by atoms with Crippen LogP contribution in [-0.4, -0.2) is 58.8 Å². The summed E-state index contributed by atoms with van der Waals surface area (Å²) in [7, 11) is 2.33. The second-order valence-corrected chi connectivity index (χ2v) is 7.84. The number of fused-ring (bicyclic) bond motifs is 1. The highest BCUT2D eigenvalue weighted by Crippen LogP contribution is 2.30. The number of hydrogen-bond donors (Lipinski definition) is 2. The van der Waals surface area contributed by atoms with Gasteiger partial charge in [-0.25, -0.2) is 9.51 Å². The Balaban J connectivity index is 1.60. The molecule has 3 N–H and O–H groups in total. The number of rotatable bonds is 5. The van der Waals surface area contributed by atoms with Gasteiger partial charge in [-0.15, -0.1) is 5.10 Å². The molecule has 0 bridgehead atoms. The lowest BCUT2D eigenvalue weighted by atomic mass is 10.1. The van der Waals surface area contributed by atoms with Crippen molar-refractivity contribution in [2.45, 2.75) is 19.3 Å². The van der Waals surface area contributed by atoms with Crippen molar-refractivity contribution in [2.75, 3.05) is 38.5 Å². The van der Waals surface area contributed by atoms with Gasteiger partial charge in [0.1, 0.15) is 5.69 Å². The highest BCUT2D eigenvalue weighted by molar-refractivity contribution is 6.20. The van der Waals surface area contributed by atoms with E-state index in [1.807, 2.05) is 28.9 Å². The van der Waals surface area contributed by atoms with Gasteiger partial charge in [-0.1, -0.05) is 6.07 Å². The van der Waals surface area contributed by atoms with Gasteiger partial charge in [0.2, 0.25) is 0 Å². The first-order valence-electron chi connectivity index (χ1n) is 9.87. The fourth-order valence-corrected chi connectivity index (χ4v) is 3.91. The minimum absolute atomic E-state index is 0.117. The van der Waals surface area contributed by atoms with Gasteiger partial charge in [0, 0.05) is 12.3 Å². The zero-order valence-corrected chi connectivity index (χ0v) is 16.3. The van der Waals surface area contributed by atoms with Gasteiger partial charge >= 0.3 is 0 Å². The van der Waals surface area contributed by atoms with Crippen molar-refractivity contribution in [3.05, 3.63) is 48.3 Å². The number of aromatic nitrogens is 2. The van der Waals surface area contributed by atoms with E-state index in [9.17, 15) is 4.79 Å². The van der Waals surface area contributed by atoms with E-state index < -0.39 is 0 Å². The number of carbonyl (C=O) groups is 1. The fourth-order valence-electron chi connectivity index (χ4n) is 3.91. The van der Waals surface area contributed by atoms with Crippen LogP contribution in [0.5, 0.6) is 0 Å². The summed E-state index contributed by atoms with van der Waals surface area (Å²) in [6.45, 7) is 4.36. The Hall–Kier alpha value is -2.93. The summed E-state index contributed by atoms with van der Waals surface area (Å²) in [5.41, 5.74) is 8.60. The summed E-state index contributed by atoms with van der Waals surface area (Å²) in [5.74, 6) is 0.619. The minimum Gasteiger partial charge on any atom is -0.397 e. The number of piperidine rings is 1. The minimum atomic E-state index is -0.117. The molecule has 1 fully saturated rings. The predicted octanol–water partition coefficient (Wildman–Crippen LogP) is 2.43. The molecular weight excluding hydrogens is 352 g/mol. The number of aliphatic imine (C=N–C) groups is 1. The van der Waals surface area contributed by atoms with Crippen molar-refractivity contribution in [3.63, 3.8) is 0 Å². The van der Waals surface area contributed by atoms with Crippen LogP contribution in [0.4, 0.5) is 11.5 Å². The van der Waals surface area contributed by atoms with E-state index in [1.165, 1.54) is 44.5 Å². The molecule has 0 atom stereocenters. The van der Waals surface area contributed by atoms with Crippen LogP contribution in [0.2, 0.25) is 0 Å². The van der Waals surface area contributed by atoms with Gasteiger partial charge in [0.25, 0.3) is 0 Å². The normalized spacial score (nSPS) is 20.5. The monoisotopic (exact) mass is 379 g/mol. The van der Waals surface area contributed by atoms with Gasteiger partial charge < -0.3 is 15.5 Å². The van der Waals surface area contributed by atoms with Crippen LogP contribution >= 0.6 is 0 Å². The Labute approximate surface area is 164 Å². The molecule has 2 aromatic heterocycles. The van der Waals surface area contributed by atoms with Crippen LogP contribution in [0.15, 0.2) is 53.3 Å². The van der Waals surface area contributed by atoms with Crippen molar-refractivity contribution < 1.29 is 9.28 Å². The highest BCUT2D eigenvalue weighted by atomic mass is 16.1. The maximum atomic E-state index is 11.5. The van der Waals surface area contributed by atoms with Crippen LogP contribution in [0.3, 0.4) is 0 Å². The standard InChI is InChI=1S/C21H26N6O/c1-27(12-5-2-6-13-27)14-10-23-21-20(19-7-3-4-11-26(19)25-21)24-18-9-8-16(28)15-17(18)22/h3-4,7-9,11,15H,2,5-6,10,12-14H2,1H3,(H2-,22,23,25,28)/p+1. The van der Waals surface area contributed by atoms with Crippen molar-refractivity contribution in [1.29, 1.82) is 0 Å². The summed E-state index contributed by atoms with van der Waals surface area (Å²) in [6.07, 6.45) is 10.4. The number of ketones is 1. The van der Waals surface area contributed by atoms with Crippen LogP contribution < -0.4 is 11.1 Å². The second kappa shape index (κ2) is 7.59. The van der Waals surface area contributed by atoms with Gasteiger partial charge in [-0.2, -0.15) is 0 Å². The van der Waals surface area contributed by atoms with Gasteiger partial charge in [0.05, 0.1) is 50.2 Å². The van der Waals surface area contributed by atoms with E-state index >= 15 is 0 Å². The van der Waals surface area contributed by atoms with Gasteiger partial charge in [0.15, 0.2) is 11.6 Å². The maximum Gasteiger partial charge on any atom is 0.180 e. The number of nitrogens with two attached hydrogens (primary N) is 1. The summed E-state index contributed by atoms with van der Waals surface area (Å²) in [6, 6.07) is 5.88. The third-order valence-electron chi connectivity index (χ3n) is 5.59. The third-order valence-corrected chi connectivity index (χ3v) is 5.59. The first kappa shape index (κ1) is 18.4. The molecule has 1 saturated heterocycles. The lowest BCUT2D eigenvalue weighted by Gasteiger charge is -2.37. The molecule has 2 aliphatic rings. The third kappa shape index (κ3) is 3.84. The second-order valence-electron chi connectivity index (χ2n) is 7.84. The number of carbonyl (C=O) groups excluding carboxylic acids is 1. The summed E-state index contributed by atoms with van der Waals surface area (Å²) < 4.78 is 2.92. The van der Waals surface area contributed by atoms with Crippen LogP contribution in [-0.2, 0) is 4.79 Å². The molecule has 0 amide bonds. The quantitative estimate of drug-likeness (QED) is 0.617. The molecule has 28 heavy (non-hydrogen) atoms. The largest absolute Gasteiger partial charge is 0.397 e. The Bertz CT molecular complexity index is 978. The average molecular weight is 379 g/mol. The first-order valence-corrected chi connectivity index (χ1v) is 9.87. The number of pyridine rings is 1. The lowest BCUT2D eigenvalue weighted by Crippen LogP contribution is -2.50.